The van der Waals surface area contributed by atoms with E-state index in [0.717, 1.165) is 24.0 Å². The number of hydrogen-bond donors (Lipinski definition) is 3. The van der Waals surface area contributed by atoms with Crippen molar-refractivity contribution in [2.45, 2.75) is 12.5 Å². The van der Waals surface area contributed by atoms with Crippen LogP contribution in [0.5, 0.6) is 0 Å². The molecule has 0 aliphatic carbocycles. The maximum absolute atomic E-state index is 11.3. The summed E-state index contributed by atoms with van der Waals surface area (Å²) in [5.41, 5.74) is 1.21. The lowest BCUT2D eigenvalue weighted by molar-refractivity contribution is -0.119. The zero-order valence-electron chi connectivity index (χ0n) is 13.3. The summed E-state index contributed by atoms with van der Waals surface area (Å²) in [5, 5.41) is 8.95. The van der Waals surface area contributed by atoms with Gasteiger partial charge in [-0.2, -0.15) is 0 Å². The highest BCUT2D eigenvalue weighted by molar-refractivity contribution is 14.0. The number of guanidine groups is 1. The molecule has 1 aliphatic heterocycles. The number of benzene rings is 1. The number of anilines is 1. The van der Waals surface area contributed by atoms with Crippen LogP contribution in [0.25, 0.3) is 0 Å². The second-order valence-electron chi connectivity index (χ2n) is 5.13. The Balaban J connectivity index is 0.00000264. The molecule has 23 heavy (non-hydrogen) atoms. The Bertz CT molecular complexity index is 554. The largest absolute Gasteiger partial charge is 0.368 e. The maximum atomic E-state index is 11.3. The highest BCUT2D eigenvalue weighted by Crippen LogP contribution is 2.28. The molecule has 0 bridgehead atoms. The van der Waals surface area contributed by atoms with Crippen LogP contribution in [-0.2, 0) is 4.79 Å². The number of nitrogens with one attached hydrogen (secondary N) is 3. The van der Waals surface area contributed by atoms with Gasteiger partial charge in [-0.1, -0.05) is 12.1 Å². The van der Waals surface area contributed by atoms with E-state index >= 15 is 0 Å². The molecule has 1 aromatic carbocycles. The number of likely N-dealkylation sites (N-methyl/N-ethyl adjacent to an activating group) is 1. The molecule has 0 saturated carbocycles. The molecule has 0 spiro atoms. The van der Waals surface area contributed by atoms with Gasteiger partial charge in [-0.05, 0) is 34.5 Å². The molecule has 2 rings (SSSR count). The van der Waals surface area contributed by atoms with Crippen LogP contribution in [0.3, 0.4) is 0 Å². The lowest BCUT2D eigenvalue weighted by Crippen LogP contribution is -2.47. The van der Waals surface area contributed by atoms with E-state index in [-0.39, 0.29) is 36.4 Å². The van der Waals surface area contributed by atoms with E-state index in [4.69, 9.17) is 0 Å². The molecule has 1 fully saturated rings. The molecule has 1 amide bonds. The van der Waals surface area contributed by atoms with Gasteiger partial charge in [-0.3, -0.25) is 9.79 Å². The number of halogens is 2. The van der Waals surface area contributed by atoms with E-state index in [1.54, 1.807) is 14.1 Å². The molecule has 1 saturated heterocycles. The SMILES string of the molecule is CN=C(NCC(=O)NC)NC1CCN(c2ccccc2Br)C1.I. The lowest BCUT2D eigenvalue weighted by atomic mass is 10.3. The third-order valence-electron chi connectivity index (χ3n) is 3.64. The van der Waals surface area contributed by atoms with Gasteiger partial charge >= 0.3 is 0 Å². The second-order valence-corrected chi connectivity index (χ2v) is 5.98. The van der Waals surface area contributed by atoms with Crippen LogP contribution >= 0.6 is 39.9 Å². The van der Waals surface area contributed by atoms with Crippen molar-refractivity contribution in [3.05, 3.63) is 28.7 Å². The van der Waals surface area contributed by atoms with Crippen LogP contribution in [-0.4, -0.2) is 51.6 Å². The highest BCUT2D eigenvalue weighted by atomic mass is 127. The number of hydrogen-bond acceptors (Lipinski definition) is 3. The topological polar surface area (TPSA) is 68.8 Å². The fraction of sp³-hybridized carbons (Fsp3) is 0.467. The predicted molar refractivity (Wildman–Crippen MR) is 109 cm³/mol. The number of nitrogens with zero attached hydrogens (tertiary/aromatic N) is 2. The van der Waals surface area contributed by atoms with Crippen LogP contribution in [0.4, 0.5) is 5.69 Å². The van der Waals surface area contributed by atoms with Gasteiger partial charge in [0.05, 0.1) is 12.2 Å². The number of rotatable bonds is 4. The van der Waals surface area contributed by atoms with Crippen LogP contribution in [0.2, 0.25) is 0 Å². The first-order valence-electron chi connectivity index (χ1n) is 7.31. The quantitative estimate of drug-likeness (QED) is 0.337. The third-order valence-corrected chi connectivity index (χ3v) is 4.31. The summed E-state index contributed by atoms with van der Waals surface area (Å²) >= 11 is 3.60. The summed E-state index contributed by atoms with van der Waals surface area (Å²) in [6.07, 6.45) is 1.03. The normalized spacial score (nSPS) is 17.4. The zero-order valence-corrected chi connectivity index (χ0v) is 17.2. The van der Waals surface area contributed by atoms with Gasteiger partial charge in [0.25, 0.3) is 0 Å². The summed E-state index contributed by atoms with van der Waals surface area (Å²) in [4.78, 5) is 17.8. The molecule has 0 aromatic heterocycles. The van der Waals surface area contributed by atoms with Crippen molar-refractivity contribution in [2.75, 3.05) is 38.6 Å². The Morgan fingerprint density at radius 3 is 2.83 bits per heavy atom. The third kappa shape index (κ3) is 5.83. The molecule has 0 radical (unpaired) electrons. The number of carbonyl (C=O) groups is 1. The van der Waals surface area contributed by atoms with E-state index in [0.29, 0.717) is 12.0 Å². The monoisotopic (exact) mass is 495 g/mol. The van der Waals surface area contributed by atoms with E-state index in [1.807, 2.05) is 12.1 Å². The van der Waals surface area contributed by atoms with Crippen molar-refractivity contribution < 1.29 is 4.79 Å². The van der Waals surface area contributed by atoms with Gasteiger partial charge in [0.15, 0.2) is 5.96 Å². The van der Waals surface area contributed by atoms with E-state index in [1.165, 1.54) is 5.69 Å². The summed E-state index contributed by atoms with van der Waals surface area (Å²) in [6, 6.07) is 8.54. The first kappa shape index (κ1) is 20.0. The molecule has 1 unspecified atom stereocenters. The molecular formula is C15H23BrIN5O. The maximum Gasteiger partial charge on any atom is 0.239 e. The van der Waals surface area contributed by atoms with Crippen molar-refractivity contribution in [1.82, 2.24) is 16.0 Å². The Hall–Kier alpha value is -1.03. The van der Waals surface area contributed by atoms with Gasteiger partial charge in [-0.25, -0.2) is 0 Å². The van der Waals surface area contributed by atoms with Crippen molar-refractivity contribution in [2.24, 2.45) is 4.99 Å². The Labute approximate surface area is 162 Å². The van der Waals surface area contributed by atoms with Crippen LogP contribution < -0.4 is 20.9 Å². The Kier molecular flexibility index (Phi) is 8.67. The first-order valence-corrected chi connectivity index (χ1v) is 8.10. The molecule has 1 heterocycles. The Morgan fingerprint density at radius 1 is 1.43 bits per heavy atom. The summed E-state index contributed by atoms with van der Waals surface area (Å²) < 4.78 is 1.11. The minimum Gasteiger partial charge on any atom is -0.368 e. The van der Waals surface area contributed by atoms with Crippen LogP contribution in [0.15, 0.2) is 33.7 Å². The van der Waals surface area contributed by atoms with Crippen molar-refractivity contribution in [1.29, 1.82) is 0 Å². The van der Waals surface area contributed by atoms with E-state index in [9.17, 15) is 4.79 Å². The second kappa shape index (κ2) is 9.96. The molecule has 1 aromatic rings. The van der Waals surface area contributed by atoms with Gasteiger partial charge in [0, 0.05) is 37.7 Å². The van der Waals surface area contributed by atoms with E-state index in [2.05, 4.69) is 53.9 Å². The fourth-order valence-electron chi connectivity index (χ4n) is 2.45. The number of aliphatic imine (C=N–C) groups is 1. The molecule has 3 N–H and O–H groups in total. The molecular weight excluding hydrogens is 473 g/mol. The number of amides is 1. The lowest BCUT2D eigenvalue weighted by Gasteiger charge is -2.21. The zero-order chi connectivity index (χ0) is 15.9. The molecule has 1 atom stereocenters. The van der Waals surface area contributed by atoms with E-state index < -0.39 is 0 Å². The first-order chi connectivity index (χ1) is 10.6. The smallest absolute Gasteiger partial charge is 0.239 e. The van der Waals surface area contributed by atoms with Crippen molar-refractivity contribution in [3.63, 3.8) is 0 Å². The molecule has 8 heteroatoms. The minimum atomic E-state index is -0.0655. The summed E-state index contributed by atoms with van der Waals surface area (Å²) in [6.45, 7) is 2.12. The highest BCUT2D eigenvalue weighted by Gasteiger charge is 2.24. The predicted octanol–water partition coefficient (Wildman–Crippen LogP) is 1.56. The average Bonchev–Trinajstić information content (AvgIpc) is 2.99. The molecule has 1 aliphatic rings. The average molecular weight is 496 g/mol. The van der Waals surface area contributed by atoms with Gasteiger partial charge < -0.3 is 20.9 Å². The fourth-order valence-corrected chi connectivity index (χ4v) is 2.98. The summed E-state index contributed by atoms with van der Waals surface area (Å²) in [7, 11) is 3.33. The Morgan fingerprint density at radius 2 is 2.17 bits per heavy atom. The van der Waals surface area contributed by atoms with Crippen molar-refractivity contribution >= 4 is 57.5 Å². The van der Waals surface area contributed by atoms with Crippen LogP contribution in [0, 0.1) is 0 Å². The molecule has 128 valence electrons. The number of carbonyl (C=O) groups excluding carboxylic acids is 1. The van der Waals surface area contributed by atoms with Gasteiger partial charge in [-0.15, -0.1) is 24.0 Å². The van der Waals surface area contributed by atoms with Crippen LogP contribution in [0.1, 0.15) is 6.42 Å². The van der Waals surface area contributed by atoms with Gasteiger partial charge in [0.1, 0.15) is 0 Å². The van der Waals surface area contributed by atoms with Crippen molar-refractivity contribution in [3.8, 4) is 0 Å². The number of para-hydroxylation sites is 1. The molecule has 6 nitrogen and oxygen atoms in total. The van der Waals surface area contributed by atoms with Gasteiger partial charge in [0.2, 0.25) is 5.91 Å². The standard InChI is InChI=1S/C15H22BrN5O.HI/c1-17-14(22)9-19-15(18-2)20-11-7-8-21(10-11)13-6-4-3-5-12(13)16;/h3-6,11H,7-10H2,1-2H3,(H,17,22)(H2,18,19,20);1H. The summed E-state index contributed by atoms with van der Waals surface area (Å²) in [5.74, 6) is 0.590. The minimum absolute atomic E-state index is 0.